The highest BCUT2D eigenvalue weighted by molar-refractivity contribution is 6.31. The minimum Gasteiger partial charge on any atom is -0.441 e. The lowest BCUT2D eigenvalue weighted by molar-refractivity contribution is 0.0718. The number of hydrogen-bond donors (Lipinski definition) is 11. The molecule has 18 rings (SSSR count). The van der Waals surface area contributed by atoms with Crippen LogP contribution in [0.4, 0.5) is 0 Å². The second-order valence-electron chi connectivity index (χ2n) is 30.2. The number of imidazole rings is 4. The number of benzene rings is 12. The van der Waals surface area contributed by atoms with Gasteiger partial charge in [0, 0.05) is 11.4 Å². The molecule has 1 unspecified atom stereocenters. The molecule has 0 saturated heterocycles. The minimum absolute atomic E-state index is 0.117. The molecule has 11 N–H and O–H groups in total. The maximum absolute atomic E-state index is 11.0. The first kappa shape index (κ1) is 82.8. The smallest absolute Gasteiger partial charge is 0.215 e. The summed E-state index contributed by atoms with van der Waals surface area (Å²) in [6.45, 7) is 7.08. The standard InChI is InChI=1S/C25H24N4O2.C24H21ClN4O3.2C24H25N3O2/c1-17-10-12-18(13-11-17)15-28-21-7-3-4-8-22(21)29(25(28)26)19(16-30)14-24-27-20-6-2-5-9-23(20)31-24;25-16-10-11-21-17(12-16)27-22(32-21)13-28-18-8-4-5-9-19(18)29(24(28)26)20(14-30)23(31)15-6-2-1-3-7-15;2*1-17-11-13-18(14-12-17)15-26-20-9-5-6-10-21(20)27(24(26)25)22(16-28)23(29)19-7-3-2-4-8-19/h2-13,19,26,30H,14-16H2,1H3;1-12,20,23,26,30-31H,13-14H2;2*2-14,22-23,25,28-29H,15-16H2,1H3/t;20-,23-;2*22-,23-/m.011/s1. The number of para-hydroxylation sites is 10. The molecule has 12 aromatic carbocycles. The van der Waals surface area contributed by atoms with Crippen LogP contribution in [0.2, 0.25) is 5.02 Å². The van der Waals surface area contributed by atoms with E-state index in [0.717, 1.165) is 71.9 Å². The summed E-state index contributed by atoms with van der Waals surface area (Å²) >= 11 is 6.06. The van der Waals surface area contributed by atoms with E-state index in [9.17, 15) is 35.7 Å². The molecule has 6 aromatic heterocycles. The average Bonchev–Trinajstić information content (AvgIpc) is 1.65. The molecule has 0 bridgehead atoms. The Hall–Kier alpha value is -13.3. The van der Waals surface area contributed by atoms with Crippen LogP contribution in [0.25, 0.3) is 66.3 Å². The predicted molar refractivity (Wildman–Crippen MR) is 469 cm³/mol. The first-order chi connectivity index (χ1) is 58.9. The summed E-state index contributed by atoms with van der Waals surface area (Å²) in [5.41, 5.74) is 19.6. The predicted octanol–water partition coefficient (Wildman–Crippen LogP) is 15.3. The van der Waals surface area contributed by atoms with Gasteiger partial charge in [-0.2, -0.15) is 0 Å². The van der Waals surface area contributed by atoms with E-state index in [1.165, 1.54) is 16.7 Å². The molecule has 0 aliphatic heterocycles. The largest absolute Gasteiger partial charge is 0.441 e. The molecule has 121 heavy (non-hydrogen) atoms. The number of aliphatic hydroxyl groups excluding tert-OH is 7. The van der Waals surface area contributed by atoms with E-state index in [2.05, 4.69) is 104 Å². The van der Waals surface area contributed by atoms with Crippen LogP contribution in [0.1, 0.15) is 104 Å². The van der Waals surface area contributed by atoms with Crippen molar-refractivity contribution in [3.63, 3.8) is 0 Å². The Kier molecular flexibility index (Phi) is 25.5. The number of aromatic nitrogens is 10. The van der Waals surface area contributed by atoms with Gasteiger partial charge in [0.25, 0.3) is 0 Å². The van der Waals surface area contributed by atoms with Crippen LogP contribution < -0.4 is 22.5 Å². The molecule has 24 heteroatoms. The Morgan fingerprint density at radius 3 is 0.967 bits per heavy atom. The van der Waals surface area contributed by atoms with Gasteiger partial charge in [0.15, 0.2) is 17.1 Å². The van der Waals surface area contributed by atoms with Crippen molar-refractivity contribution in [3.8, 4) is 0 Å². The Morgan fingerprint density at radius 1 is 0.314 bits per heavy atom. The van der Waals surface area contributed by atoms with Crippen molar-refractivity contribution < 1.29 is 44.6 Å². The van der Waals surface area contributed by atoms with Crippen LogP contribution in [0.5, 0.6) is 0 Å². The fraction of sp³-hybridized carbons (Fsp3) is 0.196. The zero-order chi connectivity index (χ0) is 84.4. The van der Waals surface area contributed by atoms with E-state index in [0.29, 0.717) is 76.3 Å². The number of oxazole rings is 2. The molecular weight excluding hydrogens is 1540 g/mol. The third-order valence-electron chi connectivity index (χ3n) is 22.1. The molecule has 0 saturated carbocycles. The van der Waals surface area contributed by atoms with Crippen LogP contribution in [-0.2, 0) is 32.6 Å². The van der Waals surface area contributed by atoms with Gasteiger partial charge in [-0.05, 0) is 133 Å². The fourth-order valence-corrected chi connectivity index (χ4v) is 16.0. The highest BCUT2D eigenvalue weighted by atomic mass is 35.5. The van der Waals surface area contributed by atoms with Crippen molar-refractivity contribution in [2.75, 3.05) is 26.4 Å². The van der Waals surface area contributed by atoms with Gasteiger partial charge in [-0.3, -0.25) is 21.6 Å². The maximum Gasteiger partial charge on any atom is 0.215 e. The fourth-order valence-electron chi connectivity index (χ4n) is 15.8. The quantitative estimate of drug-likeness (QED) is 0.0270. The number of halogens is 1. The van der Waals surface area contributed by atoms with Gasteiger partial charge < -0.3 is 81.1 Å². The highest BCUT2D eigenvalue weighted by Crippen LogP contribution is 2.34. The summed E-state index contributed by atoms with van der Waals surface area (Å²) in [6.07, 6.45) is -2.43. The topological polar surface area (TPSA) is 329 Å². The molecule has 0 aliphatic rings. The summed E-state index contributed by atoms with van der Waals surface area (Å²) in [5, 5.41) is 110. The monoisotopic (exact) mass is 1630 g/mol. The average molecular weight is 1640 g/mol. The van der Waals surface area contributed by atoms with E-state index in [1.54, 1.807) is 48.6 Å². The van der Waals surface area contributed by atoms with Crippen molar-refractivity contribution >= 4 is 77.9 Å². The molecule has 6 heterocycles. The van der Waals surface area contributed by atoms with Crippen LogP contribution in [0.3, 0.4) is 0 Å². The third-order valence-corrected chi connectivity index (χ3v) is 22.4. The minimum atomic E-state index is -0.985. The molecule has 23 nitrogen and oxygen atoms in total. The zero-order valence-corrected chi connectivity index (χ0v) is 67.8. The van der Waals surface area contributed by atoms with Crippen LogP contribution in [0.15, 0.2) is 312 Å². The molecule has 0 aliphatic carbocycles. The van der Waals surface area contributed by atoms with Crippen molar-refractivity contribution in [1.29, 1.82) is 21.6 Å². The van der Waals surface area contributed by atoms with Crippen molar-refractivity contribution in [3.05, 3.63) is 393 Å². The SMILES string of the molecule is Cc1ccc(Cn2c(=N)n(C(CO)Cc3nc4ccccc4o3)c3ccccc32)cc1.Cc1ccc(Cn2c(=N)n([C@H](CO)[C@H](O)c3ccccc3)c3ccccc32)cc1.Cc1ccc(Cn2c(=N)n([C@H](CO)[C@H](O)c3ccccc3)c3ccccc32)cc1.N=c1n(Cc2nc3cc(Cl)ccc3o2)c2ccccc2n1[C@@H](CO)[C@@H](O)c1ccccc1. The number of fused-ring (bicyclic) bond motifs is 6. The number of rotatable bonds is 24. The maximum atomic E-state index is 11.0. The third kappa shape index (κ3) is 17.7. The van der Waals surface area contributed by atoms with Gasteiger partial charge in [-0.1, -0.05) is 253 Å². The summed E-state index contributed by atoms with van der Waals surface area (Å²) in [7, 11) is 0. The van der Waals surface area contributed by atoms with Gasteiger partial charge in [-0.15, -0.1) is 0 Å². The van der Waals surface area contributed by atoms with Crippen molar-refractivity contribution in [1.82, 2.24) is 46.5 Å². The van der Waals surface area contributed by atoms with E-state index < -0.39 is 36.4 Å². The van der Waals surface area contributed by atoms with Crippen LogP contribution >= 0.6 is 11.6 Å². The van der Waals surface area contributed by atoms with Gasteiger partial charge in [0.05, 0.1) is 114 Å². The van der Waals surface area contributed by atoms with Crippen molar-refractivity contribution in [2.45, 2.75) is 95.9 Å². The molecule has 0 spiro atoms. The zero-order valence-electron chi connectivity index (χ0n) is 67.1. The molecule has 0 radical (unpaired) electrons. The number of aliphatic hydroxyl groups is 7. The number of hydrogen-bond acceptors (Lipinski definition) is 15. The first-order valence-corrected chi connectivity index (χ1v) is 40.4. The number of nitrogens with zero attached hydrogens (tertiary/aromatic N) is 10. The number of aryl methyl sites for hydroxylation is 3. The molecule has 0 amide bonds. The van der Waals surface area contributed by atoms with Crippen molar-refractivity contribution in [2.24, 2.45) is 0 Å². The molecule has 18 aromatic rings. The Labute approximate surface area is 701 Å². The lowest BCUT2D eigenvalue weighted by atomic mass is 10.0. The van der Waals surface area contributed by atoms with Gasteiger partial charge >= 0.3 is 0 Å². The summed E-state index contributed by atoms with van der Waals surface area (Å²) in [5.74, 6) is 0.996. The second-order valence-corrected chi connectivity index (χ2v) is 30.6. The second kappa shape index (κ2) is 37.3. The van der Waals surface area contributed by atoms with E-state index in [-0.39, 0.29) is 55.9 Å². The molecule has 614 valence electrons. The normalized spacial score (nSPS) is 13.3. The molecule has 7 atom stereocenters. The lowest BCUT2D eigenvalue weighted by Crippen LogP contribution is -2.32. The highest BCUT2D eigenvalue weighted by Gasteiger charge is 2.31. The lowest BCUT2D eigenvalue weighted by Gasteiger charge is -2.23. The van der Waals surface area contributed by atoms with Crippen LogP contribution in [-0.4, -0.2) is 109 Å². The Balaban J connectivity index is 0.000000126. The summed E-state index contributed by atoms with van der Waals surface area (Å²) < 4.78 is 26.3. The summed E-state index contributed by atoms with van der Waals surface area (Å²) in [6, 6.07) is 94.1. The summed E-state index contributed by atoms with van der Waals surface area (Å²) in [4.78, 5) is 9.07. The van der Waals surface area contributed by atoms with Crippen LogP contribution in [0, 0.1) is 42.4 Å². The Bertz CT molecular complexity index is 6600. The molecule has 0 fully saturated rings. The van der Waals surface area contributed by atoms with E-state index in [1.807, 2.05) is 218 Å². The molecular formula is C97H95ClN14O9. The van der Waals surface area contributed by atoms with E-state index >= 15 is 0 Å². The van der Waals surface area contributed by atoms with Gasteiger partial charge in [-0.25, -0.2) is 9.97 Å². The Morgan fingerprint density at radius 2 is 0.612 bits per heavy atom. The first-order valence-electron chi connectivity index (χ1n) is 40.1. The van der Waals surface area contributed by atoms with Gasteiger partial charge in [0.1, 0.15) is 35.9 Å². The van der Waals surface area contributed by atoms with E-state index in [4.69, 9.17) is 42.1 Å². The number of nitrogens with one attached hydrogen (secondary N) is 4. The van der Waals surface area contributed by atoms with Gasteiger partial charge in [0.2, 0.25) is 28.4 Å².